The van der Waals surface area contributed by atoms with Crippen LogP contribution in [0.3, 0.4) is 0 Å². The van der Waals surface area contributed by atoms with Crippen molar-refractivity contribution in [2.45, 2.75) is 139 Å². The highest BCUT2D eigenvalue weighted by Crippen LogP contribution is 2.32. The van der Waals surface area contributed by atoms with Crippen molar-refractivity contribution in [2.75, 3.05) is 0 Å². The monoisotopic (exact) mass is 500 g/mol. The van der Waals surface area contributed by atoms with E-state index in [-0.39, 0.29) is 16.6 Å². The highest BCUT2D eigenvalue weighted by Gasteiger charge is 2.24. The quantitative estimate of drug-likeness (QED) is 0.145. The van der Waals surface area contributed by atoms with Crippen LogP contribution in [0.1, 0.15) is 130 Å². The second-order valence-corrected chi connectivity index (χ2v) is 11.1. The molecule has 0 saturated carbocycles. The first-order valence-corrected chi connectivity index (χ1v) is 12.5. The summed E-state index contributed by atoms with van der Waals surface area (Å²) in [6.45, 7) is 6.84. The predicted octanol–water partition coefficient (Wildman–Crippen LogP) is 9.90. The van der Waals surface area contributed by atoms with Crippen molar-refractivity contribution in [1.82, 2.24) is 12.3 Å². The molecule has 0 aromatic carbocycles. The molecule has 0 aromatic rings. The molecule has 0 rings (SSSR count). The summed E-state index contributed by atoms with van der Waals surface area (Å²) in [7, 11) is 0. The van der Waals surface area contributed by atoms with Gasteiger partial charge in [-0.15, -0.1) is 0 Å². The van der Waals surface area contributed by atoms with Gasteiger partial charge in [-0.3, -0.25) is 0 Å². The second-order valence-electron chi connectivity index (χ2n) is 7.95. The van der Waals surface area contributed by atoms with Crippen molar-refractivity contribution in [3.8, 4) is 0 Å². The maximum Gasteiger partial charge on any atom is 0.0352 e. The van der Waals surface area contributed by atoms with Crippen LogP contribution in [0.4, 0.5) is 0 Å². The van der Waals surface area contributed by atoms with Gasteiger partial charge in [0, 0.05) is 9.15 Å². The summed E-state index contributed by atoms with van der Waals surface area (Å²) < 4.78 is 0.267. The van der Waals surface area contributed by atoms with E-state index in [0.717, 1.165) is 0 Å². The van der Waals surface area contributed by atoms with Crippen molar-refractivity contribution >= 4 is 31.9 Å². The van der Waals surface area contributed by atoms with Crippen LogP contribution in [-0.4, -0.2) is 9.15 Å². The number of rotatable bonds is 18. The van der Waals surface area contributed by atoms with Crippen LogP contribution < -0.4 is 12.3 Å². The van der Waals surface area contributed by atoms with Crippen molar-refractivity contribution in [3.05, 3.63) is 0 Å². The summed E-state index contributed by atoms with van der Waals surface area (Å²) in [4.78, 5) is 0.543. The van der Waals surface area contributed by atoms with Crippen LogP contribution in [0.2, 0.25) is 0 Å². The molecule has 2 nitrogen and oxygen atoms in total. The minimum atomic E-state index is 0. The molecule has 6 N–H and O–H groups in total. The molecule has 0 aliphatic rings. The molecule has 0 fully saturated rings. The van der Waals surface area contributed by atoms with Gasteiger partial charge in [-0.25, -0.2) is 0 Å². The highest BCUT2D eigenvalue weighted by atomic mass is 79.9. The van der Waals surface area contributed by atoms with Crippen LogP contribution >= 0.6 is 31.9 Å². The number of hydrogen-bond donors (Lipinski definition) is 2. The molecule has 0 saturated heterocycles. The van der Waals surface area contributed by atoms with Gasteiger partial charge >= 0.3 is 0 Å². The fourth-order valence-electron chi connectivity index (χ4n) is 3.22. The summed E-state index contributed by atoms with van der Waals surface area (Å²) in [5.74, 6) is 0. The summed E-state index contributed by atoms with van der Waals surface area (Å²) in [5, 5.41) is 0. The Morgan fingerprint density at radius 2 is 0.885 bits per heavy atom. The maximum absolute atomic E-state index is 3.84. The number of halogens is 2. The summed E-state index contributed by atoms with van der Waals surface area (Å²) in [6.07, 6.45) is 24.4. The Bertz CT molecular complexity index is 259. The number of unbranched alkanes of at least 4 members (excludes halogenated alkanes) is 15. The van der Waals surface area contributed by atoms with E-state index in [9.17, 15) is 0 Å². The topological polar surface area (TPSA) is 70.0 Å². The van der Waals surface area contributed by atoms with Crippen molar-refractivity contribution in [1.29, 1.82) is 0 Å². The summed E-state index contributed by atoms with van der Waals surface area (Å²) in [6, 6.07) is 0. The first kappa shape index (κ1) is 31.6. The Kier molecular flexibility index (Phi) is 26.9. The lowest BCUT2D eigenvalue weighted by atomic mass is 9.99. The van der Waals surface area contributed by atoms with Gasteiger partial charge in [0.25, 0.3) is 0 Å². The van der Waals surface area contributed by atoms with E-state index < -0.39 is 0 Å². The molecular formula is C22H50Br2N2. The highest BCUT2D eigenvalue weighted by molar-refractivity contribution is 9.12. The van der Waals surface area contributed by atoms with Crippen LogP contribution in [0, 0.1) is 0 Å². The van der Waals surface area contributed by atoms with E-state index in [1.165, 1.54) is 109 Å². The van der Waals surface area contributed by atoms with Crippen LogP contribution in [-0.2, 0) is 0 Å². The Morgan fingerprint density at radius 3 is 1.15 bits per heavy atom. The minimum Gasteiger partial charge on any atom is -0.344 e. The van der Waals surface area contributed by atoms with Gasteiger partial charge < -0.3 is 12.3 Å². The molecule has 0 spiro atoms. The normalized spacial score (nSPS) is 14.2. The van der Waals surface area contributed by atoms with E-state index in [0.29, 0.717) is 4.83 Å². The molecule has 0 heterocycles. The van der Waals surface area contributed by atoms with Gasteiger partial charge in [-0.05, 0) is 13.3 Å². The van der Waals surface area contributed by atoms with Crippen molar-refractivity contribution in [3.63, 3.8) is 0 Å². The molecule has 2 atom stereocenters. The molecule has 0 aliphatic carbocycles. The Hall–Kier alpha value is 0.880. The van der Waals surface area contributed by atoms with E-state index in [1.54, 1.807) is 0 Å². The van der Waals surface area contributed by atoms with Gasteiger partial charge in [0.15, 0.2) is 0 Å². The second kappa shape index (κ2) is 22.2. The van der Waals surface area contributed by atoms with Crippen LogP contribution in [0.15, 0.2) is 0 Å². The molecule has 0 aliphatic heterocycles. The molecular weight excluding hydrogens is 452 g/mol. The van der Waals surface area contributed by atoms with Crippen molar-refractivity contribution in [2.24, 2.45) is 0 Å². The molecule has 4 heteroatoms. The average Bonchev–Trinajstić information content (AvgIpc) is 2.54. The molecule has 0 amide bonds. The van der Waals surface area contributed by atoms with Gasteiger partial charge in [-0.2, -0.15) is 0 Å². The van der Waals surface area contributed by atoms with Crippen LogP contribution in [0.5, 0.6) is 0 Å². The van der Waals surface area contributed by atoms with E-state index in [1.807, 2.05) is 0 Å². The molecule has 0 aromatic heterocycles. The standard InChI is InChI=1S/C22H44Br2.2H3N/c1-4-5-6-7-8-9-10-11-12-13-14-15-16-17-18-19-20-22(3,24)21(2)23;;/h21H,4-20H2,1-3H3;2*1H3. The third-order valence-electron chi connectivity index (χ3n) is 5.35. The van der Waals surface area contributed by atoms with E-state index >= 15 is 0 Å². The molecule has 26 heavy (non-hydrogen) atoms. The van der Waals surface area contributed by atoms with Crippen molar-refractivity contribution < 1.29 is 0 Å². The minimum absolute atomic E-state index is 0. The Morgan fingerprint density at radius 1 is 0.615 bits per heavy atom. The fraction of sp³-hybridized carbons (Fsp3) is 1.00. The maximum atomic E-state index is 3.84. The SMILES string of the molecule is CCCCCCCCCCCCCCCCCCC(C)(Br)C(C)Br.N.N. The van der Waals surface area contributed by atoms with Gasteiger partial charge in [0.05, 0.1) is 0 Å². The van der Waals surface area contributed by atoms with Gasteiger partial charge in [0.2, 0.25) is 0 Å². The molecule has 0 radical (unpaired) electrons. The zero-order chi connectivity index (χ0) is 18.1. The van der Waals surface area contributed by atoms with Gasteiger partial charge in [0.1, 0.15) is 0 Å². The first-order valence-electron chi connectivity index (χ1n) is 10.8. The first-order chi connectivity index (χ1) is 11.5. The predicted molar refractivity (Wildman–Crippen MR) is 130 cm³/mol. The lowest BCUT2D eigenvalue weighted by Gasteiger charge is -2.25. The molecule has 162 valence electrons. The van der Waals surface area contributed by atoms with E-state index in [4.69, 9.17) is 0 Å². The fourth-order valence-corrected chi connectivity index (χ4v) is 3.73. The smallest absolute Gasteiger partial charge is 0.0352 e. The summed E-state index contributed by atoms with van der Waals surface area (Å²) >= 11 is 7.54. The third kappa shape index (κ3) is 21.2. The zero-order valence-electron chi connectivity index (χ0n) is 18.3. The average molecular weight is 502 g/mol. The third-order valence-corrected chi connectivity index (χ3v) is 8.06. The lowest BCUT2D eigenvalue weighted by Crippen LogP contribution is -2.25. The lowest BCUT2D eigenvalue weighted by molar-refractivity contribution is 0.509. The largest absolute Gasteiger partial charge is 0.344 e. The molecule has 2 unspecified atom stereocenters. The molecule has 0 bridgehead atoms. The zero-order valence-corrected chi connectivity index (χ0v) is 21.4. The summed E-state index contributed by atoms with van der Waals surface area (Å²) in [5.41, 5.74) is 0. The Balaban J connectivity index is -0.00000264. The van der Waals surface area contributed by atoms with E-state index in [2.05, 4.69) is 52.6 Å². The number of alkyl halides is 2. The number of hydrogen-bond acceptors (Lipinski definition) is 2. The van der Waals surface area contributed by atoms with Gasteiger partial charge in [-0.1, -0.05) is 148 Å². The van der Waals surface area contributed by atoms with Crippen LogP contribution in [0.25, 0.3) is 0 Å². The Labute approximate surface area is 182 Å².